The van der Waals surface area contributed by atoms with Gasteiger partial charge in [-0.3, -0.25) is 4.79 Å². The van der Waals surface area contributed by atoms with Gasteiger partial charge in [-0.15, -0.1) is 0 Å². The molecular weight excluding hydrogens is 270 g/mol. The van der Waals surface area contributed by atoms with Crippen LogP contribution in [0, 0.1) is 5.92 Å². The van der Waals surface area contributed by atoms with Crippen molar-refractivity contribution < 1.29 is 14.3 Å². The topological polar surface area (TPSA) is 49.8 Å². The number of nitrogens with zero attached hydrogens (tertiary/aromatic N) is 1. The van der Waals surface area contributed by atoms with Crippen LogP contribution in [0.2, 0.25) is 18.1 Å². The molecule has 106 valence electrons. The lowest BCUT2D eigenvalue weighted by Crippen LogP contribution is -2.42. The molecule has 1 N–H and O–H groups in total. The summed E-state index contributed by atoms with van der Waals surface area (Å²) in [6.45, 7) is 12.2. The van der Waals surface area contributed by atoms with E-state index in [0.29, 0.717) is 19.6 Å². The van der Waals surface area contributed by atoms with E-state index in [-0.39, 0.29) is 11.0 Å². The zero-order valence-electron chi connectivity index (χ0n) is 11.9. The summed E-state index contributed by atoms with van der Waals surface area (Å²) in [6.07, 6.45) is 0.577. The van der Waals surface area contributed by atoms with Crippen LogP contribution in [0.25, 0.3) is 0 Å². The minimum Gasteiger partial charge on any atom is -0.480 e. The summed E-state index contributed by atoms with van der Waals surface area (Å²) in [5, 5.41) is 9.18. The first kappa shape index (κ1) is 16.0. The molecule has 1 aliphatic rings. The van der Waals surface area contributed by atoms with Gasteiger partial charge in [-0.1, -0.05) is 20.8 Å². The van der Waals surface area contributed by atoms with Gasteiger partial charge >= 0.3 is 5.97 Å². The Hall–Kier alpha value is -0.103. The van der Waals surface area contributed by atoms with Gasteiger partial charge in [0.05, 0.1) is 0 Å². The highest BCUT2D eigenvalue weighted by molar-refractivity contribution is 6.74. The Bertz CT molecular complexity index is 317. The van der Waals surface area contributed by atoms with E-state index in [1.165, 1.54) is 4.42 Å². The van der Waals surface area contributed by atoms with Crippen molar-refractivity contribution in [2.24, 2.45) is 5.92 Å². The van der Waals surface area contributed by atoms with Gasteiger partial charge < -0.3 is 9.53 Å². The molecule has 0 amide bonds. The van der Waals surface area contributed by atoms with E-state index >= 15 is 0 Å². The molecule has 18 heavy (non-hydrogen) atoms. The number of carboxylic acid groups (broad SMARTS) is 1. The first-order valence-corrected chi connectivity index (χ1v) is 9.58. The number of carbonyl (C=O) groups is 1. The standard InChI is InChI=1S/C12H24ClNO3Si/c1-12(2,3)18(4,5)17-8-9-6-10(11(15)16)14(13)7-9/h9-10H,6-8H2,1-5H3,(H,15,16). The molecule has 2 unspecified atom stereocenters. The summed E-state index contributed by atoms with van der Waals surface area (Å²) in [5.41, 5.74) is 0. The minimum absolute atomic E-state index is 0.179. The summed E-state index contributed by atoms with van der Waals surface area (Å²) in [6, 6.07) is -0.570. The van der Waals surface area contributed by atoms with E-state index in [4.69, 9.17) is 21.3 Å². The van der Waals surface area contributed by atoms with Crippen molar-refractivity contribution in [3.05, 3.63) is 0 Å². The Morgan fingerprint density at radius 3 is 2.44 bits per heavy atom. The molecular formula is C12H24ClNO3Si. The van der Waals surface area contributed by atoms with Crippen molar-refractivity contribution in [1.82, 2.24) is 4.42 Å². The van der Waals surface area contributed by atoms with Crippen molar-refractivity contribution in [2.75, 3.05) is 13.2 Å². The highest BCUT2D eigenvalue weighted by atomic mass is 35.5. The molecule has 0 aromatic rings. The van der Waals surface area contributed by atoms with E-state index in [2.05, 4.69) is 33.9 Å². The molecule has 1 aliphatic heterocycles. The third-order valence-electron chi connectivity index (χ3n) is 4.10. The fourth-order valence-electron chi connectivity index (χ4n) is 1.76. The van der Waals surface area contributed by atoms with Gasteiger partial charge in [-0.25, -0.2) is 4.42 Å². The Balaban J connectivity index is 2.50. The highest BCUT2D eigenvalue weighted by Crippen LogP contribution is 2.37. The molecule has 1 rings (SSSR count). The van der Waals surface area contributed by atoms with E-state index in [1.807, 2.05) is 0 Å². The highest BCUT2D eigenvalue weighted by Gasteiger charge is 2.40. The van der Waals surface area contributed by atoms with Gasteiger partial charge in [-0.2, -0.15) is 0 Å². The number of carboxylic acids is 1. The average molecular weight is 294 g/mol. The Morgan fingerprint density at radius 1 is 1.50 bits per heavy atom. The molecule has 1 heterocycles. The Morgan fingerprint density at radius 2 is 2.06 bits per heavy atom. The molecule has 1 saturated heterocycles. The lowest BCUT2D eigenvalue weighted by atomic mass is 10.1. The van der Waals surface area contributed by atoms with Crippen molar-refractivity contribution in [1.29, 1.82) is 0 Å². The second-order valence-corrected chi connectivity index (χ2v) is 11.9. The van der Waals surface area contributed by atoms with Crippen LogP contribution in [0.15, 0.2) is 0 Å². The quantitative estimate of drug-likeness (QED) is 0.639. The van der Waals surface area contributed by atoms with Gasteiger partial charge in [0, 0.05) is 13.2 Å². The van der Waals surface area contributed by atoms with Gasteiger partial charge in [0.2, 0.25) is 0 Å². The molecule has 1 fully saturated rings. The first-order chi connectivity index (χ1) is 8.04. The van der Waals surface area contributed by atoms with Crippen LogP contribution < -0.4 is 0 Å². The van der Waals surface area contributed by atoms with Crippen molar-refractivity contribution in [3.63, 3.8) is 0 Å². The summed E-state index contributed by atoms with van der Waals surface area (Å²) < 4.78 is 7.51. The molecule has 0 aromatic carbocycles. The van der Waals surface area contributed by atoms with Gasteiger partial charge in [0.1, 0.15) is 6.04 Å². The molecule has 0 spiro atoms. The molecule has 0 aromatic heterocycles. The molecule has 0 saturated carbocycles. The third kappa shape index (κ3) is 3.70. The zero-order chi connectivity index (χ0) is 14.1. The number of rotatable bonds is 4. The van der Waals surface area contributed by atoms with Crippen LogP contribution in [0.5, 0.6) is 0 Å². The van der Waals surface area contributed by atoms with Crippen LogP contribution in [0.4, 0.5) is 0 Å². The van der Waals surface area contributed by atoms with Crippen molar-refractivity contribution in [3.8, 4) is 0 Å². The van der Waals surface area contributed by atoms with E-state index in [9.17, 15) is 4.79 Å². The van der Waals surface area contributed by atoms with Crippen LogP contribution in [0.3, 0.4) is 0 Å². The smallest absolute Gasteiger partial charge is 0.322 e. The van der Waals surface area contributed by atoms with E-state index in [1.54, 1.807) is 0 Å². The molecule has 0 bridgehead atoms. The first-order valence-electron chi connectivity index (χ1n) is 6.34. The van der Waals surface area contributed by atoms with Crippen molar-refractivity contribution >= 4 is 26.1 Å². The molecule has 6 heteroatoms. The third-order valence-corrected chi connectivity index (χ3v) is 8.97. The number of hydrogen-bond donors (Lipinski definition) is 1. The van der Waals surface area contributed by atoms with E-state index in [0.717, 1.165) is 0 Å². The largest absolute Gasteiger partial charge is 0.480 e. The van der Waals surface area contributed by atoms with Crippen LogP contribution in [-0.4, -0.2) is 43.0 Å². The Labute approximate surface area is 115 Å². The number of hydrogen-bond acceptors (Lipinski definition) is 3. The summed E-state index contributed by atoms with van der Waals surface area (Å²) in [7, 11) is -1.75. The normalized spacial score (nSPS) is 26.6. The maximum atomic E-state index is 11.0. The van der Waals surface area contributed by atoms with Gasteiger partial charge in [0.25, 0.3) is 0 Å². The van der Waals surface area contributed by atoms with E-state index < -0.39 is 20.3 Å². The monoisotopic (exact) mass is 293 g/mol. The second-order valence-electron chi connectivity index (χ2n) is 6.61. The lowest BCUT2D eigenvalue weighted by Gasteiger charge is -2.36. The zero-order valence-corrected chi connectivity index (χ0v) is 13.6. The SMILES string of the molecule is CC(C)(C)[Si](C)(C)OCC1CC(C(=O)O)N(Cl)C1. The molecule has 0 aliphatic carbocycles. The van der Waals surface area contributed by atoms with Crippen LogP contribution >= 0.6 is 11.8 Å². The molecule has 4 nitrogen and oxygen atoms in total. The average Bonchev–Trinajstić information content (AvgIpc) is 2.55. The maximum absolute atomic E-state index is 11.0. The van der Waals surface area contributed by atoms with Gasteiger partial charge in [-0.05, 0) is 42.2 Å². The fraction of sp³-hybridized carbons (Fsp3) is 0.917. The molecule has 2 atom stereocenters. The fourth-order valence-corrected chi connectivity index (χ4v) is 3.21. The lowest BCUT2D eigenvalue weighted by molar-refractivity contribution is -0.140. The predicted molar refractivity (Wildman–Crippen MR) is 75.2 cm³/mol. The number of halogens is 1. The van der Waals surface area contributed by atoms with Crippen LogP contribution in [0.1, 0.15) is 27.2 Å². The summed E-state index contributed by atoms with van der Waals surface area (Å²) in [4.78, 5) is 11.0. The number of aliphatic carboxylic acids is 1. The van der Waals surface area contributed by atoms with Crippen molar-refractivity contribution in [2.45, 2.75) is 51.4 Å². The predicted octanol–water partition coefficient (Wildman–Crippen LogP) is 2.94. The maximum Gasteiger partial charge on any atom is 0.322 e. The Kier molecular flexibility index (Phi) is 4.86. The summed E-state index contributed by atoms with van der Waals surface area (Å²) >= 11 is 5.92. The summed E-state index contributed by atoms with van der Waals surface area (Å²) in [5.74, 6) is -0.627. The minimum atomic E-state index is -1.75. The second kappa shape index (κ2) is 5.49. The van der Waals surface area contributed by atoms with Gasteiger partial charge in [0.15, 0.2) is 8.32 Å². The molecule has 0 radical (unpaired) electrons. The van der Waals surface area contributed by atoms with Crippen LogP contribution in [-0.2, 0) is 9.22 Å².